The fraction of sp³-hybridized carbons (Fsp3) is 1.00. The molecule has 0 saturated carbocycles. The van der Waals surface area contributed by atoms with Gasteiger partial charge in [0.15, 0.2) is 0 Å². The molecule has 0 aromatic carbocycles. The molecule has 0 radical (unpaired) electrons. The van der Waals surface area contributed by atoms with Crippen molar-refractivity contribution >= 4 is 0 Å². The Balaban J connectivity index is 2.24. The molecule has 1 aliphatic rings. The number of piperazine rings is 1. The monoisotopic (exact) mass is 227 g/mol. The fourth-order valence-corrected chi connectivity index (χ4v) is 2.26. The van der Waals surface area contributed by atoms with Gasteiger partial charge in [0.25, 0.3) is 0 Å². The van der Waals surface area contributed by atoms with Gasteiger partial charge in [-0.25, -0.2) is 0 Å². The first-order chi connectivity index (χ1) is 7.63. The second-order valence-electron chi connectivity index (χ2n) is 5.45. The van der Waals surface area contributed by atoms with Crippen molar-refractivity contribution in [2.24, 2.45) is 5.92 Å². The second kappa shape index (κ2) is 7.25. The van der Waals surface area contributed by atoms with Crippen LogP contribution in [0.3, 0.4) is 0 Å². The summed E-state index contributed by atoms with van der Waals surface area (Å²) < 4.78 is 0. The predicted molar refractivity (Wildman–Crippen MR) is 70.9 cm³/mol. The van der Waals surface area contributed by atoms with E-state index in [2.05, 4.69) is 42.9 Å². The average molecular weight is 227 g/mol. The Hall–Kier alpha value is -0.120. The van der Waals surface area contributed by atoms with Crippen LogP contribution in [0.4, 0.5) is 0 Å². The molecule has 1 atom stereocenters. The van der Waals surface area contributed by atoms with E-state index < -0.39 is 0 Å². The molecule has 3 nitrogen and oxygen atoms in total. The topological polar surface area (TPSA) is 18.5 Å². The molecule has 0 aromatic heterocycles. The van der Waals surface area contributed by atoms with Crippen LogP contribution in [0.2, 0.25) is 0 Å². The Morgan fingerprint density at radius 2 is 1.69 bits per heavy atom. The van der Waals surface area contributed by atoms with Crippen molar-refractivity contribution < 1.29 is 0 Å². The molecule has 1 heterocycles. The lowest BCUT2D eigenvalue weighted by atomic mass is 10.1. The minimum Gasteiger partial charge on any atom is -0.315 e. The van der Waals surface area contributed by atoms with Crippen LogP contribution >= 0.6 is 0 Å². The quantitative estimate of drug-likeness (QED) is 0.737. The van der Waals surface area contributed by atoms with Crippen molar-refractivity contribution in [1.82, 2.24) is 15.1 Å². The lowest BCUT2D eigenvalue weighted by Gasteiger charge is -2.37. The average Bonchev–Trinajstić information content (AvgIpc) is 2.26. The van der Waals surface area contributed by atoms with E-state index in [0.29, 0.717) is 0 Å². The maximum Gasteiger partial charge on any atom is 0.0219 e. The van der Waals surface area contributed by atoms with Crippen molar-refractivity contribution in [3.05, 3.63) is 0 Å². The summed E-state index contributed by atoms with van der Waals surface area (Å²) >= 11 is 0. The molecule has 0 amide bonds. The van der Waals surface area contributed by atoms with Gasteiger partial charge in [0.05, 0.1) is 0 Å². The normalized spacial score (nSPS) is 21.6. The molecule has 0 spiro atoms. The standard InChI is InChI=1S/C13H29N3/c1-5-13(11-14-10-12(2)3)16-8-6-15(4)7-9-16/h12-14H,5-11H2,1-4H3. The molecule has 16 heavy (non-hydrogen) atoms. The van der Waals surface area contributed by atoms with Crippen molar-refractivity contribution in [2.45, 2.75) is 33.2 Å². The van der Waals surface area contributed by atoms with E-state index in [0.717, 1.165) is 25.0 Å². The molecule has 1 N–H and O–H groups in total. The van der Waals surface area contributed by atoms with Crippen LogP contribution < -0.4 is 5.32 Å². The smallest absolute Gasteiger partial charge is 0.0219 e. The molecular weight excluding hydrogens is 198 g/mol. The highest BCUT2D eigenvalue weighted by atomic mass is 15.3. The van der Waals surface area contributed by atoms with Crippen molar-refractivity contribution in [3.8, 4) is 0 Å². The molecule has 96 valence electrons. The first-order valence-corrected chi connectivity index (χ1v) is 6.76. The summed E-state index contributed by atoms with van der Waals surface area (Å²) in [6.45, 7) is 14.0. The zero-order valence-corrected chi connectivity index (χ0v) is 11.5. The van der Waals surface area contributed by atoms with Crippen LogP contribution in [-0.2, 0) is 0 Å². The molecule has 3 heteroatoms. The summed E-state index contributed by atoms with van der Waals surface area (Å²) in [6, 6.07) is 0.729. The highest BCUT2D eigenvalue weighted by Crippen LogP contribution is 2.07. The van der Waals surface area contributed by atoms with Crippen molar-refractivity contribution in [2.75, 3.05) is 46.3 Å². The van der Waals surface area contributed by atoms with Gasteiger partial charge in [-0.3, -0.25) is 4.90 Å². The van der Waals surface area contributed by atoms with Crippen molar-refractivity contribution in [3.63, 3.8) is 0 Å². The van der Waals surface area contributed by atoms with E-state index in [9.17, 15) is 0 Å². The Bertz CT molecular complexity index is 174. The van der Waals surface area contributed by atoms with Crippen LogP contribution in [0.1, 0.15) is 27.2 Å². The van der Waals surface area contributed by atoms with Gasteiger partial charge in [-0.2, -0.15) is 0 Å². The second-order valence-corrected chi connectivity index (χ2v) is 5.45. The van der Waals surface area contributed by atoms with E-state index in [1.807, 2.05) is 0 Å². The van der Waals surface area contributed by atoms with E-state index >= 15 is 0 Å². The van der Waals surface area contributed by atoms with Gasteiger partial charge in [-0.1, -0.05) is 20.8 Å². The number of hydrogen-bond donors (Lipinski definition) is 1. The molecule has 0 aliphatic carbocycles. The number of hydrogen-bond acceptors (Lipinski definition) is 3. The molecule has 1 unspecified atom stereocenters. The number of nitrogens with one attached hydrogen (secondary N) is 1. The molecule has 0 bridgehead atoms. The fourth-order valence-electron chi connectivity index (χ4n) is 2.26. The molecular formula is C13H29N3. The van der Waals surface area contributed by atoms with Crippen LogP contribution in [0, 0.1) is 5.92 Å². The summed E-state index contributed by atoms with van der Waals surface area (Å²) in [4.78, 5) is 5.07. The third-order valence-electron chi connectivity index (χ3n) is 3.46. The zero-order valence-electron chi connectivity index (χ0n) is 11.5. The zero-order chi connectivity index (χ0) is 12.0. The van der Waals surface area contributed by atoms with Gasteiger partial charge >= 0.3 is 0 Å². The number of nitrogens with zero attached hydrogens (tertiary/aromatic N) is 2. The number of rotatable bonds is 6. The van der Waals surface area contributed by atoms with Gasteiger partial charge in [-0.05, 0) is 25.9 Å². The SMILES string of the molecule is CCC(CNCC(C)C)N1CCN(C)CC1. The molecule has 1 rings (SSSR count). The third-order valence-corrected chi connectivity index (χ3v) is 3.46. The van der Waals surface area contributed by atoms with Crippen LogP contribution in [-0.4, -0.2) is 62.2 Å². The highest BCUT2D eigenvalue weighted by molar-refractivity contribution is 4.78. The Labute approximate surface area is 101 Å². The Kier molecular flexibility index (Phi) is 6.32. The van der Waals surface area contributed by atoms with E-state index in [-0.39, 0.29) is 0 Å². The predicted octanol–water partition coefficient (Wildman–Crippen LogP) is 1.26. The largest absolute Gasteiger partial charge is 0.315 e. The minimum atomic E-state index is 0.729. The summed E-state index contributed by atoms with van der Waals surface area (Å²) in [7, 11) is 2.22. The molecule has 0 aromatic rings. The Morgan fingerprint density at radius 1 is 1.06 bits per heavy atom. The number of likely N-dealkylation sites (N-methyl/N-ethyl adjacent to an activating group) is 1. The van der Waals surface area contributed by atoms with E-state index in [1.54, 1.807) is 0 Å². The van der Waals surface area contributed by atoms with E-state index in [4.69, 9.17) is 0 Å². The molecule has 1 aliphatic heterocycles. The van der Waals surface area contributed by atoms with Gasteiger partial charge in [-0.15, -0.1) is 0 Å². The van der Waals surface area contributed by atoms with Crippen LogP contribution in [0.15, 0.2) is 0 Å². The van der Waals surface area contributed by atoms with Crippen molar-refractivity contribution in [1.29, 1.82) is 0 Å². The third kappa shape index (κ3) is 4.81. The highest BCUT2D eigenvalue weighted by Gasteiger charge is 2.20. The van der Waals surface area contributed by atoms with Gasteiger partial charge in [0, 0.05) is 38.8 Å². The molecule has 1 fully saturated rings. The first kappa shape index (κ1) is 13.9. The van der Waals surface area contributed by atoms with Gasteiger partial charge < -0.3 is 10.2 Å². The van der Waals surface area contributed by atoms with Crippen LogP contribution in [0.25, 0.3) is 0 Å². The molecule has 1 saturated heterocycles. The summed E-state index contributed by atoms with van der Waals surface area (Å²) in [5, 5.41) is 3.59. The van der Waals surface area contributed by atoms with E-state index in [1.165, 1.54) is 32.6 Å². The lowest BCUT2D eigenvalue weighted by molar-refractivity contribution is 0.108. The van der Waals surface area contributed by atoms with Gasteiger partial charge in [0.2, 0.25) is 0 Å². The van der Waals surface area contributed by atoms with Gasteiger partial charge in [0.1, 0.15) is 0 Å². The van der Waals surface area contributed by atoms with Crippen LogP contribution in [0.5, 0.6) is 0 Å². The maximum atomic E-state index is 3.59. The summed E-state index contributed by atoms with van der Waals surface area (Å²) in [5.74, 6) is 0.755. The summed E-state index contributed by atoms with van der Waals surface area (Å²) in [6.07, 6.45) is 1.26. The Morgan fingerprint density at radius 3 is 2.19 bits per heavy atom. The first-order valence-electron chi connectivity index (χ1n) is 6.76. The minimum absolute atomic E-state index is 0.729. The lowest BCUT2D eigenvalue weighted by Crippen LogP contribution is -2.51. The summed E-state index contributed by atoms with van der Waals surface area (Å²) in [5.41, 5.74) is 0. The maximum absolute atomic E-state index is 3.59.